The number of para-hydroxylation sites is 1. The highest BCUT2D eigenvalue weighted by Gasteiger charge is 2.19. The maximum atomic E-state index is 12.1. The number of ether oxygens (including phenoxy) is 2. The molecule has 2 aromatic carbocycles. The molecule has 168 valence electrons. The van der Waals surface area contributed by atoms with Gasteiger partial charge in [0.05, 0.1) is 12.3 Å². The topological polar surface area (TPSA) is 118 Å². The highest BCUT2D eigenvalue weighted by Crippen LogP contribution is 2.17. The van der Waals surface area contributed by atoms with Gasteiger partial charge in [-0.1, -0.05) is 28.1 Å². The molecule has 1 saturated heterocycles. The fraction of sp³-hybridized carbons (Fsp3) is 0.273. The Balaban J connectivity index is 1.46. The minimum Gasteiger partial charge on any atom is -0.483 e. The van der Waals surface area contributed by atoms with Crippen molar-refractivity contribution in [2.45, 2.75) is 18.9 Å². The third-order valence-corrected chi connectivity index (χ3v) is 5.02. The Labute approximate surface area is 193 Å². The van der Waals surface area contributed by atoms with Gasteiger partial charge in [0.1, 0.15) is 5.75 Å². The number of rotatable bonds is 8. The normalized spacial score (nSPS) is 15.3. The number of carbonyl (C=O) groups excluding carboxylic acids is 3. The molecule has 0 aromatic heterocycles. The van der Waals surface area contributed by atoms with Gasteiger partial charge in [-0.15, -0.1) is 0 Å². The lowest BCUT2D eigenvalue weighted by Crippen LogP contribution is -2.41. The second kappa shape index (κ2) is 12.0. The van der Waals surface area contributed by atoms with E-state index >= 15 is 0 Å². The largest absolute Gasteiger partial charge is 0.483 e. The molecule has 3 amide bonds. The van der Waals surface area contributed by atoms with Gasteiger partial charge in [0, 0.05) is 28.9 Å². The van der Waals surface area contributed by atoms with Crippen LogP contribution in [0, 0.1) is 0 Å². The monoisotopic (exact) mass is 502 g/mol. The highest BCUT2D eigenvalue weighted by atomic mass is 79.9. The van der Waals surface area contributed by atoms with Gasteiger partial charge in [-0.2, -0.15) is 5.10 Å². The van der Waals surface area contributed by atoms with Gasteiger partial charge in [0.15, 0.2) is 6.61 Å². The first-order valence-electron chi connectivity index (χ1n) is 10.0. The van der Waals surface area contributed by atoms with Gasteiger partial charge >= 0.3 is 11.8 Å². The van der Waals surface area contributed by atoms with Crippen molar-refractivity contribution in [2.24, 2.45) is 5.10 Å². The van der Waals surface area contributed by atoms with Gasteiger partial charge in [-0.25, -0.2) is 5.43 Å². The van der Waals surface area contributed by atoms with Crippen molar-refractivity contribution in [2.75, 3.05) is 25.1 Å². The molecular formula is C22H23BrN4O5. The standard InChI is InChI=1S/C22H23BrN4O5/c23-16-7-9-17(10-8-16)26-20(28)14-32-19-6-2-1-4-15(19)12-25-27-22(30)21(29)24-13-18-5-3-11-31-18/h1-2,4,6-10,12,18H,3,5,11,13-14H2,(H,24,29)(H,26,28)(H,27,30)/b25-12-/t18-/m1/s1. The number of hydrazone groups is 1. The average Bonchev–Trinajstić information content (AvgIpc) is 3.32. The van der Waals surface area contributed by atoms with Crippen LogP contribution in [-0.2, 0) is 19.1 Å². The summed E-state index contributed by atoms with van der Waals surface area (Å²) in [4.78, 5) is 35.8. The minimum absolute atomic E-state index is 0.0553. The van der Waals surface area contributed by atoms with Crippen molar-refractivity contribution in [3.63, 3.8) is 0 Å². The minimum atomic E-state index is -0.883. The second-order valence-electron chi connectivity index (χ2n) is 6.93. The Morgan fingerprint density at radius 2 is 1.91 bits per heavy atom. The number of benzene rings is 2. The maximum absolute atomic E-state index is 12.1. The molecule has 3 N–H and O–H groups in total. The molecule has 0 saturated carbocycles. The summed E-state index contributed by atoms with van der Waals surface area (Å²) in [5.74, 6) is -1.59. The van der Waals surface area contributed by atoms with E-state index < -0.39 is 11.8 Å². The van der Waals surface area contributed by atoms with Crippen LogP contribution in [0.25, 0.3) is 0 Å². The molecule has 32 heavy (non-hydrogen) atoms. The van der Waals surface area contributed by atoms with Crippen LogP contribution in [0.4, 0.5) is 5.69 Å². The zero-order valence-electron chi connectivity index (χ0n) is 17.2. The average molecular weight is 503 g/mol. The Bertz CT molecular complexity index is 975. The molecule has 1 aliphatic heterocycles. The molecule has 0 aliphatic carbocycles. The van der Waals surface area contributed by atoms with Crippen LogP contribution in [-0.4, -0.2) is 49.8 Å². The fourth-order valence-electron chi connectivity index (χ4n) is 2.90. The predicted molar refractivity (Wildman–Crippen MR) is 122 cm³/mol. The molecule has 10 heteroatoms. The summed E-state index contributed by atoms with van der Waals surface area (Å²) >= 11 is 3.34. The van der Waals surface area contributed by atoms with E-state index in [1.807, 2.05) is 12.1 Å². The summed E-state index contributed by atoms with van der Waals surface area (Å²) < 4.78 is 11.9. The first-order valence-corrected chi connectivity index (χ1v) is 10.8. The fourth-order valence-corrected chi connectivity index (χ4v) is 3.16. The van der Waals surface area contributed by atoms with Crippen molar-refractivity contribution in [1.29, 1.82) is 0 Å². The molecule has 9 nitrogen and oxygen atoms in total. The van der Waals surface area contributed by atoms with Crippen LogP contribution in [0.3, 0.4) is 0 Å². The number of nitrogens with zero attached hydrogens (tertiary/aromatic N) is 1. The zero-order valence-corrected chi connectivity index (χ0v) is 18.8. The van der Waals surface area contributed by atoms with Crippen molar-refractivity contribution in [3.05, 3.63) is 58.6 Å². The molecule has 1 aliphatic rings. The van der Waals surface area contributed by atoms with Crippen molar-refractivity contribution in [3.8, 4) is 5.75 Å². The van der Waals surface area contributed by atoms with Gasteiger partial charge < -0.3 is 20.1 Å². The molecule has 1 atom stereocenters. The van der Waals surface area contributed by atoms with Crippen LogP contribution >= 0.6 is 15.9 Å². The van der Waals surface area contributed by atoms with Crippen molar-refractivity contribution in [1.82, 2.24) is 10.7 Å². The van der Waals surface area contributed by atoms with Crippen LogP contribution in [0.15, 0.2) is 58.1 Å². The van der Waals surface area contributed by atoms with E-state index in [4.69, 9.17) is 9.47 Å². The summed E-state index contributed by atoms with van der Waals surface area (Å²) in [6.07, 6.45) is 3.09. The smallest absolute Gasteiger partial charge is 0.329 e. The van der Waals surface area contributed by atoms with Crippen LogP contribution < -0.4 is 20.8 Å². The SMILES string of the molecule is O=C(COc1ccccc1/C=N\NC(=O)C(=O)NC[C@H]1CCCO1)Nc1ccc(Br)cc1. The van der Waals surface area contributed by atoms with Crippen LogP contribution in [0.1, 0.15) is 18.4 Å². The number of amides is 3. The van der Waals surface area contributed by atoms with E-state index in [1.54, 1.807) is 36.4 Å². The van der Waals surface area contributed by atoms with Crippen LogP contribution in [0.5, 0.6) is 5.75 Å². The predicted octanol–water partition coefficient (Wildman–Crippen LogP) is 2.21. The van der Waals surface area contributed by atoms with E-state index in [2.05, 4.69) is 37.1 Å². The quantitative estimate of drug-likeness (QED) is 0.290. The number of nitrogens with one attached hydrogen (secondary N) is 3. The van der Waals surface area contributed by atoms with Gasteiger partial charge in [-0.3, -0.25) is 14.4 Å². The van der Waals surface area contributed by atoms with E-state index in [1.165, 1.54) is 6.21 Å². The Kier molecular flexibility index (Phi) is 8.76. The number of hydrogen-bond acceptors (Lipinski definition) is 6. The molecule has 0 unspecified atom stereocenters. The third-order valence-electron chi connectivity index (χ3n) is 4.50. The Morgan fingerprint density at radius 1 is 1.12 bits per heavy atom. The first-order chi connectivity index (χ1) is 15.5. The van der Waals surface area contributed by atoms with Crippen molar-refractivity contribution >= 4 is 45.6 Å². The molecule has 0 bridgehead atoms. The lowest BCUT2D eigenvalue weighted by Gasteiger charge is -2.10. The van der Waals surface area contributed by atoms with Crippen LogP contribution in [0.2, 0.25) is 0 Å². The summed E-state index contributed by atoms with van der Waals surface area (Å²) in [6.45, 7) is 0.748. The number of anilines is 1. The molecular weight excluding hydrogens is 480 g/mol. The van der Waals surface area contributed by atoms with Gasteiger partial charge in [0.2, 0.25) is 0 Å². The number of carbonyl (C=O) groups is 3. The molecule has 1 heterocycles. The van der Waals surface area contributed by atoms with E-state index in [0.717, 1.165) is 17.3 Å². The molecule has 3 rings (SSSR count). The molecule has 2 aromatic rings. The molecule has 1 fully saturated rings. The first kappa shape index (κ1) is 23.4. The number of halogens is 1. The second-order valence-corrected chi connectivity index (χ2v) is 7.84. The lowest BCUT2D eigenvalue weighted by molar-refractivity contribution is -0.139. The van der Waals surface area contributed by atoms with Gasteiger partial charge in [-0.05, 0) is 49.2 Å². The third kappa shape index (κ3) is 7.47. The molecule has 0 radical (unpaired) electrons. The Hall–Kier alpha value is -3.24. The molecule has 0 spiro atoms. The summed E-state index contributed by atoms with van der Waals surface area (Å²) in [5.41, 5.74) is 3.36. The lowest BCUT2D eigenvalue weighted by atomic mass is 10.2. The van der Waals surface area contributed by atoms with Crippen molar-refractivity contribution < 1.29 is 23.9 Å². The van der Waals surface area contributed by atoms with E-state index in [9.17, 15) is 14.4 Å². The highest BCUT2D eigenvalue weighted by molar-refractivity contribution is 9.10. The summed E-state index contributed by atoms with van der Waals surface area (Å²) in [5, 5.41) is 9.06. The number of hydrogen-bond donors (Lipinski definition) is 3. The summed E-state index contributed by atoms with van der Waals surface area (Å²) in [7, 11) is 0. The Morgan fingerprint density at radius 3 is 2.66 bits per heavy atom. The maximum Gasteiger partial charge on any atom is 0.329 e. The van der Waals surface area contributed by atoms with E-state index in [0.29, 0.717) is 23.6 Å². The zero-order chi connectivity index (χ0) is 22.8. The summed E-state index contributed by atoms with van der Waals surface area (Å²) in [6, 6.07) is 14.0. The van der Waals surface area contributed by atoms with Gasteiger partial charge in [0.25, 0.3) is 5.91 Å². The van der Waals surface area contributed by atoms with E-state index in [-0.39, 0.29) is 25.2 Å².